The van der Waals surface area contributed by atoms with Gasteiger partial charge >= 0.3 is 0 Å². The number of piperidine rings is 1. The largest absolute Gasteiger partial charge is 0.354 e. The molecule has 5 nitrogen and oxygen atoms in total. The third-order valence-corrected chi connectivity index (χ3v) is 5.88. The molecule has 0 bridgehead atoms. The Kier molecular flexibility index (Phi) is 6.37. The summed E-state index contributed by atoms with van der Waals surface area (Å²) < 4.78 is 0. The quantitative estimate of drug-likeness (QED) is 0.789. The van der Waals surface area contributed by atoms with E-state index < -0.39 is 0 Å². The number of amides is 2. The molecule has 0 radical (unpaired) electrons. The molecule has 1 aromatic rings. The van der Waals surface area contributed by atoms with Crippen LogP contribution in [0.25, 0.3) is 0 Å². The molecule has 0 spiro atoms. The van der Waals surface area contributed by atoms with Gasteiger partial charge < -0.3 is 15.5 Å². The summed E-state index contributed by atoms with van der Waals surface area (Å²) in [7, 11) is 0. The minimum atomic E-state index is -0.0326. The van der Waals surface area contributed by atoms with E-state index in [0.717, 1.165) is 55.8 Å². The molecule has 2 aliphatic heterocycles. The fourth-order valence-corrected chi connectivity index (χ4v) is 4.27. The van der Waals surface area contributed by atoms with Crippen LogP contribution in [0, 0.1) is 5.92 Å². The number of hydrogen-bond donors (Lipinski definition) is 2. The zero-order chi connectivity index (χ0) is 17.6. The van der Waals surface area contributed by atoms with Gasteiger partial charge in [0, 0.05) is 24.5 Å². The molecular weight excluding hydrogens is 334 g/mol. The average Bonchev–Trinajstić information content (AvgIpc) is 3.20. The van der Waals surface area contributed by atoms with Gasteiger partial charge in [-0.05, 0) is 56.5 Å². The van der Waals surface area contributed by atoms with Crippen LogP contribution in [0.1, 0.15) is 36.0 Å². The number of nitrogens with zero attached hydrogens (tertiary/aromatic N) is 1. The lowest BCUT2D eigenvalue weighted by atomic mass is 9.97. The summed E-state index contributed by atoms with van der Waals surface area (Å²) in [6, 6.07) is 7.76. The zero-order valence-corrected chi connectivity index (χ0v) is 15.6. The molecule has 2 saturated heterocycles. The Balaban J connectivity index is 1.55. The van der Waals surface area contributed by atoms with Crippen molar-refractivity contribution in [3.63, 3.8) is 0 Å². The molecule has 3 rings (SSSR count). The lowest BCUT2D eigenvalue weighted by Crippen LogP contribution is -2.46. The monoisotopic (exact) mass is 361 g/mol. The normalized spacial score (nSPS) is 23.5. The maximum atomic E-state index is 12.9. The van der Waals surface area contributed by atoms with Crippen LogP contribution >= 0.6 is 11.8 Å². The Labute approximate surface area is 153 Å². The zero-order valence-electron chi connectivity index (χ0n) is 14.8. The van der Waals surface area contributed by atoms with Crippen LogP contribution in [-0.2, 0) is 4.79 Å². The topological polar surface area (TPSA) is 61.4 Å². The van der Waals surface area contributed by atoms with Gasteiger partial charge in [-0.25, -0.2) is 0 Å². The fraction of sp³-hybridized carbons (Fsp3) is 0.579. The second kappa shape index (κ2) is 8.72. The van der Waals surface area contributed by atoms with Gasteiger partial charge in [0.2, 0.25) is 5.91 Å². The molecule has 0 aromatic heterocycles. The van der Waals surface area contributed by atoms with Crippen LogP contribution < -0.4 is 10.6 Å². The van der Waals surface area contributed by atoms with Crippen molar-refractivity contribution in [3.8, 4) is 0 Å². The van der Waals surface area contributed by atoms with Gasteiger partial charge in [-0.2, -0.15) is 0 Å². The summed E-state index contributed by atoms with van der Waals surface area (Å²) >= 11 is 1.61. The van der Waals surface area contributed by atoms with Gasteiger partial charge in [-0.3, -0.25) is 9.59 Å². The number of carbonyl (C=O) groups excluding carboxylic acids is 2. The number of benzene rings is 1. The van der Waals surface area contributed by atoms with Crippen LogP contribution in [-0.4, -0.2) is 55.2 Å². The number of thioether (sulfide) groups is 1. The standard InChI is InChI=1S/C19H27N3O2S/c1-25-17-9-3-2-7-15(17)19(24)22-11-5-6-14(13-22)12-21-18(23)16-8-4-10-20-16/h2-3,7,9,14,16,20H,4-6,8,10-13H2,1H3,(H,21,23). The first-order valence-electron chi connectivity index (χ1n) is 9.12. The van der Waals surface area contributed by atoms with Gasteiger partial charge in [-0.15, -0.1) is 11.8 Å². The predicted molar refractivity (Wildman–Crippen MR) is 101 cm³/mol. The van der Waals surface area contributed by atoms with E-state index >= 15 is 0 Å². The van der Waals surface area contributed by atoms with Crippen molar-refractivity contribution < 1.29 is 9.59 Å². The van der Waals surface area contributed by atoms with Crippen molar-refractivity contribution in [2.45, 2.75) is 36.6 Å². The van der Waals surface area contributed by atoms with Gasteiger partial charge in [0.15, 0.2) is 0 Å². The first kappa shape index (κ1) is 18.3. The maximum Gasteiger partial charge on any atom is 0.254 e. The summed E-state index contributed by atoms with van der Waals surface area (Å²) in [5, 5.41) is 6.30. The van der Waals surface area contributed by atoms with Crippen molar-refractivity contribution in [1.29, 1.82) is 0 Å². The Hall–Kier alpha value is -1.53. The number of rotatable bonds is 5. The smallest absolute Gasteiger partial charge is 0.254 e. The second-order valence-electron chi connectivity index (χ2n) is 6.85. The minimum absolute atomic E-state index is 0.0326. The van der Waals surface area contributed by atoms with E-state index in [1.807, 2.05) is 35.4 Å². The predicted octanol–water partition coefficient (Wildman–Crippen LogP) is 2.13. The molecule has 2 atom stereocenters. The summed E-state index contributed by atoms with van der Waals surface area (Å²) in [4.78, 5) is 28.0. The molecule has 25 heavy (non-hydrogen) atoms. The molecule has 2 heterocycles. The van der Waals surface area contributed by atoms with E-state index in [-0.39, 0.29) is 17.9 Å². The third kappa shape index (κ3) is 4.55. The molecule has 2 fully saturated rings. The number of nitrogens with one attached hydrogen (secondary N) is 2. The Morgan fingerprint density at radius 1 is 1.28 bits per heavy atom. The molecule has 1 aromatic carbocycles. The van der Waals surface area contributed by atoms with E-state index in [1.165, 1.54) is 0 Å². The van der Waals surface area contributed by atoms with Crippen LogP contribution in [0.5, 0.6) is 0 Å². The van der Waals surface area contributed by atoms with E-state index in [2.05, 4.69) is 10.6 Å². The SMILES string of the molecule is CSc1ccccc1C(=O)N1CCCC(CNC(=O)C2CCCN2)C1. The molecule has 0 aliphatic carbocycles. The van der Waals surface area contributed by atoms with Crippen molar-refractivity contribution in [2.24, 2.45) is 5.92 Å². The van der Waals surface area contributed by atoms with Crippen LogP contribution in [0.3, 0.4) is 0 Å². The maximum absolute atomic E-state index is 12.9. The van der Waals surface area contributed by atoms with E-state index in [4.69, 9.17) is 0 Å². The van der Waals surface area contributed by atoms with Crippen LogP contribution in [0.4, 0.5) is 0 Å². The number of hydrogen-bond acceptors (Lipinski definition) is 4. The number of likely N-dealkylation sites (tertiary alicyclic amines) is 1. The van der Waals surface area contributed by atoms with Crippen LogP contribution in [0.2, 0.25) is 0 Å². The van der Waals surface area contributed by atoms with Crippen molar-refractivity contribution >= 4 is 23.6 Å². The molecule has 6 heteroatoms. The highest BCUT2D eigenvalue weighted by Crippen LogP contribution is 2.24. The summed E-state index contributed by atoms with van der Waals surface area (Å²) in [5.74, 6) is 0.552. The second-order valence-corrected chi connectivity index (χ2v) is 7.70. The molecule has 136 valence electrons. The van der Waals surface area contributed by atoms with Crippen molar-refractivity contribution in [1.82, 2.24) is 15.5 Å². The first-order chi connectivity index (χ1) is 12.2. The summed E-state index contributed by atoms with van der Waals surface area (Å²) in [6.07, 6.45) is 6.05. The average molecular weight is 362 g/mol. The minimum Gasteiger partial charge on any atom is -0.354 e. The summed E-state index contributed by atoms with van der Waals surface area (Å²) in [6.45, 7) is 3.11. The fourth-order valence-electron chi connectivity index (χ4n) is 3.68. The summed E-state index contributed by atoms with van der Waals surface area (Å²) in [5.41, 5.74) is 0.787. The van der Waals surface area contributed by atoms with Crippen LogP contribution in [0.15, 0.2) is 29.2 Å². The molecule has 2 N–H and O–H groups in total. The highest BCUT2D eigenvalue weighted by molar-refractivity contribution is 7.98. The Morgan fingerprint density at radius 2 is 2.12 bits per heavy atom. The molecule has 0 saturated carbocycles. The molecule has 2 aliphatic rings. The number of carbonyl (C=O) groups is 2. The van der Waals surface area contributed by atoms with Gasteiger partial charge in [0.25, 0.3) is 5.91 Å². The van der Waals surface area contributed by atoms with E-state index in [1.54, 1.807) is 11.8 Å². The Morgan fingerprint density at radius 3 is 2.88 bits per heavy atom. The molecular formula is C19H27N3O2S. The Bertz CT molecular complexity index is 616. The van der Waals surface area contributed by atoms with E-state index in [0.29, 0.717) is 12.5 Å². The van der Waals surface area contributed by atoms with Crippen molar-refractivity contribution in [3.05, 3.63) is 29.8 Å². The lowest BCUT2D eigenvalue weighted by Gasteiger charge is -2.33. The first-order valence-corrected chi connectivity index (χ1v) is 10.3. The third-order valence-electron chi connectivity index (χ3n) is 5.09. The van der Waals surface area contributed by atoms with Gasteiger partial charge in [0.05, 0.1) is 11.6 Å². The van der Waals surface area contributed by atoms with Gasteiger partial charge in [-0.1, -0.05) is 12.1 Å². The molecule has 2 amide bonds. The van der Waals surface area contributed by atoms with Gasteiger partial charge in [0.1, 0.15) is 0 Å². The lowest BCUT2D eigenvalue weighted by molar-refractivity contribution is -0.123. The van der Waals surface area contributed by atoms with E-state index in [9.17, 15) is 9.59 Å². The highest BCUT2D eigenvalue weighted by atomic mass is 32.2. The van der Waals surface area contributed by atoms with Crippen molar-refractivity contribution in [2.75, 3.05) is 32.4 Å². The molecule has 2 unspecified atom stereocenters. The highest BCUT2D eigenvalue weighted by Gasteiger charge is 2.27.